The van der Waals surface area contributed by atoms with Gasteiger partial charge in [-0.2, -0.15) is 0 Å². The molecule has 2 heterocycles. The highest BCUT2D eigenvalue weighted by molar-refractivity contribution is 7.92. The molecule has 0 unspecified atom stereocenters. The molecule has 0 aliphatic heterocycles. The number of hydrogen-bond acceptors (Lipinski definition) is 4. The van der Waals surface area contributed by atoms with Crippen LogP contribution in [-0.2, 0) is 10.0 Å². The van der Waals surface area contributed by atoms with Crippen LogP contribution in [0.25, 0.3) is 5.65 Å². The number of hydrogen-bond donors (Lipinski definition) is 0. The molecule has 0 atom stereocenters. The van der Waals surface area contributed by atoms with E-state index in [0.717, 1.165) is 0 Å². The molecule has 2 aromatic heterocycles. The molecule has 0 spiro atoms. The molecular formula is C15H16N4O2S. The Kier molecular flexibility index (Phi) is 3.58. The van der Waals surface area contributed by atoms with Gasteiger partial charge in [0.2, 0.25) is 0 Å². The van der Waals surface area contributed by atoms with E-state index in [4.69, 9.17) is 0 Å². The summed E-state index contributed by atoms with van der Waals surface area (Å²) < 4.78 is 28.9. The van der Waals surface area contributed by atoms with E-state index in [9.17, 15) is 8.42 Å². The maximum Gasteiger partial charge on any atom is 0.265 e. The summed E-state index contributed by atoms with van der Waals surface area (Å²) in [5.41, 5.74) is 1.27. The Balaban J connectivity index is 2.12. The summed E-state index contributed by atoms with van der Waals surface area (Å²) in [6.07, 6.45) is 1.56. The van der Waals surface area contributed by atoms with Gasteiger partial charge in [0.15, 0.2) is 5.65 Å². The molecule has 0 bridgehead atoms. The van der Waals surface area contributed by atoms with Crippen LogP contribution in [0.2, 0.25) is 0 Å². The van der Waals surface area contributed by atoms with Crippen molar-refractivity contribution in [3.63, 3.8) is 0 Å². The molecule has 0 saturated heterocycles. The predicted octanol–water partition coefficient (Wildman–Crippen LogP) is 2.25. The van der Waals surface area contributed by atoms with Gasteiger partial charge in [-0.15, -0.1) is 10.2 Å². The summed E-state index contributed by atoms with van der Waals surface area (Å²) in [7, 11) is -3.63. The van der Waals surface area contributed by atoms with Crippen molar-refractivity contribution >= 4 is 21.4 Å². The van der Waals surface area contributed by atoms with Crippen molar-refractivity contribution < 1.29 is 8.42 Å². The Bertz CT molecular complexity index is 904. The first-order valence-electron chi connectivity index (χ1n) is 6.93. The van der Waals surface area contributed by atoms with Gasteiger partial charge in [0.1, 0.15) is 10.7 Å². The second-order valence-corrected chi connectivity index (χ2v) is 6.71. The van der Waals surface area contributed by atoms with Gasteiger partial charge >= 0.3 is 0 Å². The standard InChI is InChI=1S/C15H16N4O2S/c1-3-19(13-7-5-4-6-8-13)22(20,21)14-9-10-15-17-16-12(2)18(15)11-14/h4-11H,3H2,1-2H3. The topological polar surface area (TPSA) is 67.6 Å². The second kappa shape index (κ2) is 5.42. The molecule has 0 radical (unpaired) electrons. The molecule has 0 amide bonds. The molecular weight excluding hydrogens is 300 g/mol. The van der Waals surface area contributed by atoms with E-state index in [1.54, 1.807) is 41.8 Å². The van der Waals surface area contributed by atoms with Gasteiger partial charge in [-0.3, -0.25) is 8.71 Å². The minimum absolute atomic E-state index is 0.216. The summed E-state index contributed by atoms with van der Waals surface area (Å²) in [5.74, 6) is 0.648. The van der Waals surface area contributed by atoms with E-state index in [2.05, 4.69) is 10.2 Å². The van der Waals surface area contributed by atoms with Crippen molar-refractivity contribution in [2.45, 2.75) is 18.7 Å². The largest absolute Gasteiger partial charge is 0.285 e. The molecule has 7 heteroatoms. The van der Waals surface area contributed by atoms with E-state index in [0.29, 0.717) is 23.7 Å². The van der Waals surface area contributed by atoms with Crippen LogP contribution < -0.4 is 4.31 Å². The van der Waals surface area contributed by atoms with Crippen molar-refractivity contribution in [2.75, 3.05) is 10.8 Å². The van der Waals surface area contributed by atoms with Crippen LogP contribution in [0.1, 0.15) is 12.7 Å². The molecule has 114 valence electrons. The number of aromatic nitrogens is 3. The third-order valence-electron chi connectivity index (χ3n) is 3.47. The van der Waals surface area contributed by atoms with Gasteiger partial charge in [-0.05, 0) is 38.1 Å². The van der Waals surface area contributed by atoms with E-state index in [1.165, 1.54) is 4.31 Å². The molecule has 0 fully saturated rings. The Labute approximate surface area is 129 Å². The van der Waals surface area contributed by atoms with Crippen molar-refractivity contribution in [1.29, 1.82) is 0 Å². The Morgan fingerprint density at radius 3 is 2.50 bits per heavy atom. The molecule has 3 rings (SSSR count). The predicted molar refractivity (Wildman–Crippen MR) is 84.4 cm³/mol. The highest BCUT2D eigenvalue weighted by Gasteiger charge is 2.24. The first kappa shape index (κ1) is 14.5. The Morgan fingerprint density at radius 2 is 1.82 bits per heavy atom. The number of anilines is 1. The first-order chi connectivity index (χ1) is 10.5. The SMILES string of the molecule is CCN(c1ccccc1)S(=O)(=O)c1ccc2nnc(C)n2c1. The highest BCUT2D eigenvalue weighted by atomic mass is 32.2. The van der Waals surface area contributed by atoms with Crippen LogP contribution in [-0.4, -0.2) is 29.6 Å². The summed E-state index contributed by atoms with van der Waals surface area (Å²) in [6, 6.07) is 12.3. The van der Waals surface area contributed by atoms with Crippen LogP contribution in [0.5, 0.6) is 0 Å². The van der Waals surface area contributed by atoms with Gasteiger partial charge in [0.05, 0.1) is 5.69 Å². The lowest BCUT2D eigenvalue weighted by atomic mass is 10.3. The average molecular weight is 316 g/mol. The zero-order chi connectivity index (χ0) is 15.7. The van der Waals surface area contributed by atoms with E-state index < -0.39 is 10.0 Å². The maximum atomic E-state index is 12.9. The number of pyridine rings is 1. The smallest absolute Gasteiger partial charge is 0.265 e. The quantitative estimate of drug-likeness (QED) is 0.740. The summed E-state index contributed by atoms with van der Waals surface area (Å²) in [6.45, 7) is 3.95. The van der Waals surface area contributed by atoms with E-state index in [1.807, 2.05) is 25.1 Å². The van der Waals surface area contributed by atoms with Crippen LogP contribution in [0.15, 0.2) is 53.6 Å². The average Bonchev–Trinajstić information content (AvgIpc) is 2.90. The van der Waals surface area contributed by atoms with Crippen molar-refractivity contribution in [3.8, 4) is 0 Å². The first-order valence-corrected chi connectivity index (χ1v) is 8.37. The molecule has 0 N–H and O–H groups in total. The highest BCUT2D eigenvalue weighted by Crippen LogP contribution is 2.23. The zero-order valence-electron chi connectivity index (χ0n) is 12.3. The van der Waals surface area contributed by atoms with E-state index in [-0.39, 0.29) is 4.90 Å². The molecule has 0 aliphatic carbocycles. The lowest BCUT2D eigenvalue weighted by Gasteiger charge is -2.22. The fraction of sp³-hybridized carbons (Fsp3) is 0.200. The zero-order valence-corrected chi connectivity index (χ0v) is 13.2. The van der Waals surface area contributed by atoms with E-state index >= 15 is 0 Å². The fourth-order valence-corrected chi connectivity index (χ4v) is 3.82. The molecule has 0 saturated carbocycles. The summed E-state index contributed by atoms with van der Waals surface area (Å²) >= 11 is 0. The van der Waals surface area contributed by atoms with Crippen LogP contribution in [0.4, 0.5) is 5.69 Å². The number of benzene rings is 1. The minimum Gasteiger partial charge on any atom is -0.285 e. The number of nitrogens with zero attached hydrogens (tertiary/aromatic N) is 4. The van der Waals surface area contributed by atoms with Crippen LogP contribution >= 0.6 is 0 Å². The van der Waals surface area contributed by atoms with Gasteiger partial charge in [0, 0.05) is 12.7 Å². The summed E-state index contributed by atoms with van der Waals surface area (Å²) in [4.78, 5) is 0.216. The molecule has 1 aromatic carbocycles. The minimum atomic E-state index is -3.63. The third kappa shape index (κ3) is 2.33. The number of aryl methyl sites for hydroxylation is 1. The molecule has 22 heavy (non-hydrogen) atoms. The van der Waals surface area contributed by atoms with Gasteiger partial charge < -0.3 is 0 Å². The van der Waals surface area contributed by atoms with Crippen molar-refractivity contribution in [3.05, 3.63) is 54.5 Å². The van der Waals surface area contributed by atoms with Gasteiger partial charge in [-0.1, -0.05) is 18.2 Å². The lowest BCUT2D eigenvalue weighted by Crippen LogP contribution is -2.30. The van der Waals surface area contributed by atoms with Gasteiger partial charge in [0.25, 0.3) is 10.0 Å². The molecule has 3 aromatic rings. The van der Waals surface area contributed by atoms with Crippen LogP contribution in [0.3, 0.4) is 0 Å². The number of rotatable bonds is 4. The fourth-order valence-electron chi connectivity index (χ4n) is 2.35. The molecule has 6 nitrogen and oxygen atoms in total. The lowest BCUT2D eigenvalue weighted by molar-refractivity contribution is 0.591. The Hall–Kier alpha value is -2.41. The number of fused-ring (bicyclic) bond motifs is 1. The maximum absolute atomic E-state index is 12.9. The normalized spacial score (nSPS) is 11.7. The van der Waals surface area contributed by atoms with Gasteiger partial charge in [-0.25, -0.2) is 8.42 Å². The van der Waals surface area contributed by atoms with Crippen molar-refractivity contribution in [1.82, 2.24) is 14.6 Å². The number of para-hydroxylation sites is 1. The van der Waals surface area contributed by atoms with Crippen molar-refractivity contribution in [2.24, 2.45) is 0 Å². The number of sulfonamides is 1. The second-order valence-electron chi connectivity index (χ2n) is 4.85. The Morgan fingerprint density at radius 1 is 1.09 bits per heavy atom. The molecule has 0 aliphatic rings. The summed E-state index contributed by atoms with van der Waals surface area (Å²) in [5, 5.41) is 7.92. The monoisotopic (exact) mass is 316 g/mol. The van der Waals surface area contributed by atoms with Crippen LogP contribution in [0, 0.1) is 6.92 Å². The third-order valence-corrected chi connectivity index (χ3v) is 5.35.